The summed E-state index contributed by atoms with van der Waals surface area (Å²) >= 11 is 17.7. The van der Waals surface area contributed by atoms with E-state index in [0.29, 0.717) is 27.2 Å². The molecule has 1 amide bonds. The SMILES string of the molecule is O=C(Nc1ccccc1CCl)c1cc(Cl)ccc1Cl. The van der Waals surface area contributed by atoms with E-state index in [1.807, 2.05) is 18.2 Å². The maximum Gasteiger partial charge on any atom is 0.257 e. The van der Waals surface area contributed by atoms with E-state index in [-0.39, 0.29) is 5.91 Å². The molecule has 5 heteroatoms. The Kier molecular flexibility index (Phi) is 4.70. The number of nitrogens with one attached hydrogen (secondary N) is 1. The maximum atomic E-state index is 12.2. The zero-order valence-corrected chi connectivity index (χ0v) is 12.1. The first-order valence-corrected chi connectivity index (χ1v) is 6.81. The molecule has 1 N–H and O–H groups in total. The highest BCUT2D eigenvalue weighted by Crippen LogP contribution is 2.23. The molecule has 0 spiro atoms. The molecule has 2 rings (SSSR count). The molecule has 2 nitrogen and oxygen atoms in total. The van der Waals surface area contributed by atoms with Gasteiger partial charge < -0.3 is 5.32 Å². The van der Waals surface area contributed by atoms with Crippen molar-refractivity contribution in [2.24, 2.45) is 0 Å². The van der Waals surface area contributed by atoms with Gasteiger partial charge in [0.2, 0.25) is 0 Å². The van der Waals surface area contributed by atoms with Crippen LogP contribution in [0.2, 0.25) is 10.0 Å². The van der Waals surface area contributed by atoms with Crippen LogP contribution in [0.4, 0.5) is 5.69 Å². The first-order valence-electron chi connectivity index (χ1n) is 5.52. The standard InChI is InChI=1S/C14H10Cl3NO/c15-8-9-3-1-2-4-13(9)18-14(19)11-7-10(16)5-6-12(11)17/h1-7H,8H2,(H,18,19). The molecule has 0 saturated heterocycles. The Bertz CT molecular complexity index is 613. The fourth-order valence-electron chi connectivity index (χ4n) is 1.62. The highest BCUT2D eigenvalue weighted by atomic mass is 35.5. The van der Waals surface area contributed by atoms with Crippen molar-refractivity contribution >= 4 is 46.4 Å². The van der Waals surface area contributed by atoms with E-state index >= 15 is 0 Å². The van der Waals surface area contributed by atoms with Crippen molar-refractivity contribution in [2.75, 3.05) is 5.32 Å². The van der Waals surface area contributed by atoms with Gasteiger partial charge in [0.15, 0.2) is 0 Å². The lowest BCUT2D eigenvalue weighted by molar-refractivity contribution is 0.102. The molecule has 0 radical (unpaired) electrons. The predicted octanol–water partition coefficient (Wildman–Crippen LogP) is 4.98. The third-order valence-corrected chi connectivity index (χ3v) is 3.44. The smallest absolute Gasteiger partial charge is 0.257 e. The van der Waals surface area contributed by atoms with Crippen LogP contribution >= 0.6 is 34.8 Å². The molecule has 2 aromatic carbocycles. The van der Waals surface area contributed by atoms with E-state index in [2.05, 4.69) is 5.32 Å². The van der Waals surface area contributed by atoms with E-state index in [0.717, 1.165) is 5.56 Å². The number of carbonyl (C=O) groups excluding carboxylic acids is 1. The monoisotopic (exact) mass is 313 g/mol. The Morgan fingerprint density at radius 2 is 1.84 bits per heavy atom. The Morgan fingerprint density at radius 3 is 2.58 bits per heavy atom. The first kappa shape index (κ1) is 14.2. The molecule has 0 fully saturated rings. The van der Waals surface area contributed by atoms with E-state index in [1.54, 1.807) is 18.2 Å². The second kappa shape index (κ2) is 6.29. The van der Waals surface area contributed by atoms with Crippen molar-refractivity contribution < 1.29 is 4.79 Å². The molecule has 2 aromatic rings. The van der Waals surface area contributed by atoms with E-state index < -0.39 is 0 Å². The van der Waals surface area contributed by atoms with Crippen molar-refractivity contribution in [1.29, 1.82) is 0 Å². The molecule has 0 aliphatic heterocycles. The number of halogens is 3. The van der Waals surface area contributed by atoms with Crippen LogP contribution in [-0.4, -0.2) is 5.91 Å². The normalized spacial score (nSPS) is 10.3. The van der Waals surface area contributed by atoms with Gasteiger partial charge in [0.1, 0.15) is 0 Å². The van der Waals surface area contributed by atoms with E-state index in [4.69, 9.17) is 34.8 Å². The van der Waals surface area contributed by atoms with Crippen LogP contribution in [-0.2, 0) is 5.88 Å². The van der Waals surface area contributed by atoms with Crippen LogP contribution < -0.4 is 5.32 Å². The zero-order valence-electron chi connectivity index (χ0n) is 9.79. The molecule has 0 aromatic heterocycles. The van der Waals surface area contributed by atoms with E-state index in [1.165, 1.54) is 6.07 Å². The summed E-state index contributed by atoms with van der Waals surface area (Å²) in [7, 11) is 0. The van der Waals surface area contributed by atoms with Gasteiger partial charge in [0.25, 0.3) is 5.91 Å². The number of alkyl halides is 1. The lowest BCUT2D eigenvalue weighted by Crippen LogP contribution is -2.13. The number of hydrogen-bond acceptors (Lipinski definition) is 1. The molecule has 0 aliphatic carbocycles. The fourth-order valence-corrected chi connectivity index (χ4v) is 2.23. The molecule has 0 atom stereocenters. The number of carbonyl (C=O) groups is 1. The van der Waals surface area contributed by atoms with Gasteiger partial charge >= 0.3 is 0 Å². The van der Waals surface area contributed by atoms with Crippen molar-refractivity contribution in [3.8, 4) is 0 Å². The number of para-hydroxylation sites is 1. The van der Waals surface area contributed by atoms with Gasteiger partial charge in [-0.3, -0.25) is 4.79 Å². The minimum absolute atomic E-state index is 0.315. The molecular weight excluding hydrogens is 305 g/mol. The summed E-state index contributed by atoms with van der Waals surface area (Å²) in [4.78, 5) is 12.2. The third-order valence-electron chi connectivity index (χ3n) is 2.58. The van der Waals surface area contributed by atoms with Gasteiger partial charge in [-0.05, 0) is 29.8 Å². The largest absolute Gasteiger partial charge is 0.322 e. The van der Waals surface area contributed by atoms with Gasteiger partial charge in [0.05, 0.1) is 10.6 Å². The molecule has 0 unspecified atom stereocenters. The molecule has 0 aliphatic rings. The van der Waals surface area contributed by atoms with Crippen LogP contribution in [0, 0.1) is 0 Å². The van der Waals surface area contributed by atoms with Crippen molar-refractivity contribution in [3.63, 3.8) is 0 Å². The highest BCUT2D eigenvalue weighted by molar-refractivity contribution is 6.36. The minimum Gasteiger partial charge on any atom is -0.322 e. The summed E-state index contributed by atoms with van der Waals surface area (Å²) in [5, 5.41) is 3.59. The Morgan fingerprint density at radius 1 is 1.11 bits per heavy atom. The summed E-state index contributed by atoms with van der Waals surface area (Å²) in [6.07, 6.45) is 0. The first-order chi connectivity index (χ1) is 9.11. The van der Waals surface area contributed by atoms with Gasteiger partial charge in [-0.15, -0.1) is 11.6 Å². The number of hydrogen-bond donors (Lipinski definition) is 1. The van der Waals surface area contributed by atoms with Gasteiger partial charge in [-0.1, -0.05) is 41.4 Å². The topological polar surface area (TPSA) is 29.1 Å². The lowest BCUT2D eigenvalue weighted by atomic mass is 10.1. The molecular formula is C14H10Cl3NO. The van der Waals surface area contributed by atoms with Gasteiger partial charge in [-0.25, -0.2) is 0 Å². The summed E-state index contributed by atoms with van der Waals surface area (Å²) < 4.78 is 0. The van der Waals surface area contributed by atoms with Crippen molar-refractivity contribution in [3.05, 3.63) is 63.6 Å². The quantitative estimate of drug-likeness (QED) is 0.795. The third kappa shape index (κ3) is 3.41. The number of amides is 1. The zero-order chi connectivity index (χ0) is 13.8. The van der Waals surface area contributed by atoms with Crippen molar-refractivity contribution in [2.45, 2.75) is 5.88 Å². The number of rotatable bonds is 3. The van der Waals surface area contributed by atoms with Crippen LogP contribution in [0.3, 0.4) is 0 Å². The summed E-state index contributed by atoms with van der Waals surface area (Å²) in [6, 6.07) is 12.1. The second-order valence-corrected chi connectivity index (χ2v) is 4.98. The molecule has 0 heterocycles. The molecule has 98 valence electrons. The average molecular weight is 315 g/mol. The Balaban J connectivity index is 2.28. The number of benzene rings is 2. The molecule has 19 heavy (non-hydrogen) atoms. The summed E-state index contributed by atoms with van der Waals surface area (Å²) in [5.41, 5.74) is 1.84. The van der Waals surface area contributed by atoms with Gasteiger partial charge in [0, 0.05) is 16.6 Å². The second-order valence-electron chi connectivity index (χ2n) is 3.87. The average Bonchev–Trinajstić information content (AvgIpc) is 2.42. The van der Waals surface area contributed by atoms with Crippen LogP contribution in [0.25, 0.3) is 0 Å². The van der Waals surface area contributed by atoms with Crippen LogP contribution in [0.1, 0.15) is 15.9 Å². The summed E-state index contributed by atoms with van der Waals surface area (Å²) in [5.74, 6) is 0.00442. The summed E-state index contributed by atoms with van der Waals surface area (Å²) in [6.45, 7) is 0. The van der Waals surface area contributed by atoms with E-state index in [9.17, 15) is 4.79 Å². The van der Waals surface area contributed by atoms with Crippen LogP contribution in [0.15, 0.2) is 42.5 Å². The number of anilines is 1. The highest BCUT2D eigenvalue weighted by Gasteiger charge is 2.12. The van der Waals surface area contributed by atoms with Crippen molar-refractivity contribution in [1.82, 2.24) is 0 Å². The Labute approximate surface area is 126 Å². The predicted molar refractivity (Wildman–Crippen MR) is 80.4 cm³/mol. The van der Waals surface area contributed by atoms with Crippen LogP contribution in [0.5, 0.6) is 0 Å². The molecule has 0 saturated carbocycles. The molecule has 0 bridgehead atoms. The fraction of sp³-hybridized carbons (Fsp3) is 0.0714. The van der Waals surface area contributed by atoms with Gasteiger partial charge in [-0.2, -0.15) is 0 Å². The lowest BCUT2D eigenvalue weighted by Gasteiger charge is -2.10. The Hall–Kier alpha value is -1.22. The maximum absolute atomic E-state index is 12.2. The minimum atomic E-state index is -0.315.